The van der Waals surface area contributed by atoms with Crippen LogP contribution in [0.1, 0.15) is 44.2 Å². The first-order valence-electron chi connectivity index (χ1n) is 12.5. The largest absolute Gasteiger partial charge is 0.497 e. The topological polar surface area (TPSA) is 68.2 Å². The van der Waals surface area contributed by atoms with E-state index in [0.717, 1.165) is 18.0 Å². The summed E-state index contributed by atoms with van der Waals surface area (Å²) in [5.41, 5.74) is -1.51. The second-order valence-electron chi connectivity index (χ2n) is 9.58. The summed E-state index contributed by atoms with van der Waals surface area (Å²) < 4.78 is 102. The number of methoxy groups -OCH3 is 1. The predicted octanol–water partition coefficient (Wildman–Crippen LogP) is 6.60. The molecule has 1 amide bonds. The Kier molecular flexibility index (Phi) is 7.60. The van der Waals surface area contributed by atoms with E-state index in [1.54, 1.807) is 24.1 Å². The van der Waals surface area contributed by atoms with Crippen LogP contribution in [0.5, 0.6) is 5.75 Å². The maximum atomic E-state index is 14.2. The number of fused-ring (bicyclic) bond motifs is 1. The summed E-state index contributed by atoms with van der Waals surface area (Å²) in [4.78, 5) is 26.9. The Morgan fingerprint density at radius 3 is 2.36 bits per heavy atom. The molecule has 0 radical (unpaired) electrons. The van der Waals surface area contributed by atoms with Gasteiger partial charge in [0.15, 0.2) is 0 Å². The van der Waals surface area contributed by atoms with Crippen LogP contribution < -0.4 is 4.74 Å². The molecule has 0 fully saturated rings. The quantitative estimate of drug-likeness (QED) is 0.237. The summed E-state index contributed by atoms with van der Waals surface area (Å²) in [7, 11) is 1.54. The number of amides is 1. The summed E-state index contributed by atoms with van der Waals surface area (Å²) in [6.45, 7) is 0.613. The summed E-state index contributed by atoms with van der Waals surface area (Å²) in [5.74, 6) is -3.80. The fourth-order valence-corrected chi connectivity index (χ4v) is 4.92. The number of ether oxygens (including phenoxy) is 1. The minimum Gasteiger partial charge on any atom is -0.497 e. The molecule has 6 nitrogen and oxygen atoms in total. The summed E-state index contributed by atoms with van der Waals surface area (Å²) in [5, 5.41) is 0. The Hall–Kier alpha value is -4.55. The van der Waals surface area contributed by atoms with E-state index >= 15 is 0 Å². The van der Waals surface area contributed by atoms with Gasteiger partial charge in [0.2, 0.25) is 0 Å². The maximum Gasteiger partial charge on any atom is 0.416 e. The van der Waals surface area contributed by atoms with E-state index in [1.165, 1.54) is 12.3 Å². The molecule has 1 aliphatic heterocycles. The van der Waals surface area contributed by atoms with Gasteiger partial charge in [-0.3, -0.25) is 9.78 Å². The first-order chi connectivity index (χ1) is 19.8. The molecule has 5 rings (SSSR count). The van der Waals surface area contributed by atoms with Crippen molar-refractivity contribution in [3.63, 3.8) is 0 Å². The van der Waals surface area contributed by atoms with Crippen molar-refractivity contribution in [1.29, 1.82) is 0 Å². The zero-order chi connectivity index (χ0) is 30.2. The Labute approximate surface area is 234 Å². The van der Waals surface area contributed by atoms with Gasteiger partial charge in [-0.2, -0.15) is 26.3 Å². The second kappa shape index (κ2) is 11.0. The van der Waals surface area contributed by atoms with Crippen LogP contribution >= 0.6 is 0 Å². The third-order valence-electron chi connectivity index (χ3n) is 6.87. The lowest BCUT2D eigenvalue weighted by Gasteiger charge is -2.29. The molecule has 0 spiro atoms. The van der Waals surface area contributed by atoms with E-state index in [4.69, 9.17) is 4.74 Å². The second-order valence-corrected chi connectivity index (χ2v) is 9.58. The van der Waals surface area contributed by atoms with E-state index in [1.807, 2.05) is 12.1 Å². The van der Waals surface area contributed by atoms with Crippen molar-refractivity contribution in [2.75, 3.05) is 13.7 Å². The molecule has 0 N–H and O–H groups in total. The molecule has 4 aromatic rings. The van der Waals surface area contributed by atoms with E-state index in [9.17, 15) is 35.5 Å². The number of hydrogen-bond acceptors (Lipinski definition) is 5. The molecule has 1 unspecified atom stereocenters. The Bertz CT molecular complexity index is 1620. The molecule has 0 saturated carbocycles. The van der Waals surface area contributed by atoms with Crippen molar-refractivity contribution < 1.29 is 40.3 Å². The minimum atomic E-state index is -5.12. The molecule has 1 atom stereocenters. The highest BCUT2D eigenvalue weighted by molar-refractivity contribution is 5.98. The SMILES string of the molecule is COc1ccc(CN2CCc3c(ccnc3-c3cc(C(c4cc(F)cc(C(F)(F)F)c4)C(F)(F)F)ncn3)C2=O)cc1. The van der Waals surface area contributed by atoms with E-state index in [2.05, 4.69) is 15.0 Å². The van der Waals surface area contributed by atoms with Crippen molar-refractivity contribution in [1.82, 2.24) is 19.9 Å². The van der Waals surface area contributed by atoms with Gasteiger partial charge in [-0.05, 0) is 65.6 Å². The molecule has 0 saturated heterocycles. The Morgan fingerprint density at radius 2 is 1.69 bits per heavy atom. The lowest BCUT2D eigenvalue weighted by atomic mass is 9.91. The highest BCUT2D eigenvalue weighted by Gasteiger charge is 2.44. The lowest BCUT2D eigenvalue weighted by molar-refractivity contribution is -0.144. The van der Waals surface area contributed by atoms with E-state index in [-0.39, 0.29) is 29.4 Å². The monoisotopic (exact) mass is 590 g/mol. The van der Waals surface area contributed by atoms with Crippen molar-refractivity contribution in [3.8, 4) is 17.1 Å². The van der Waals surface area contributed by atoms with Gasteiger partial charge in [0, 0.05) is 24.8 Å². The van der Waals surface area contributed by atoms with Crippen LogP contribution in [0.3, 0.4) is 0 Å². The lowest BCUT2D eigenvalue weighted by Crippen LogP contribution is -2.37. The van der Waals surface area contributed by atoms with Crippen LogP contribution in [0.2, 0.25) is 0 Å². The minimum absolute atomic E-state index is 0.0602. The number of alkyl halides is 6. The van der Waals surface area contributed by atoms with Gasteiger partial charge in [-0.15, -0.1) is 0 Å². The standard InChI is InChI=1S/C29H21F7N4O2/c1-42-20-4-2-16(3-5-20)14-40-9-7-21-22(27(40)41)6-8-37-26(21)24-13-23(38-15-39-24)25(29(34,35)36)17-10-18(28(31,32)33)12-19(30)11-17/h2-6,8,10-13,15,25H,7,9,14H2,1H3. The summed E-state index contributed by atoms with van der Waals surface area (Å²) in [6, 6.07) is 10.4. The van der Waals surface area contributed by atoms with Gasteiger partial charge in [-0.1, -0.05) is 12.1 Å². The van der Waals surface area contributed by atoms with Crippen LogP contribution in [0, 0.1) is 5.82 Å². The van der Waals surface area contributed by atoms with Gasteiger partial charge >= 0.3 is 12.4 Å². The number of rotatable bonds is 6. The third-order valence-corrected chi connectivity index (χ3v) is 6.87. The zero-order valence-electron chi connectivity index (χ0n) is 21.8. The normalized spacial score (nSPS) is 14.5. The number of carbonyl (C=O) groups is 1. The Morgan fingerprint density at radius 1 is 0.952 bits per heavy atom. The molecule has 0 bridgehead atoms. The van der Waals surface area contributed by atoms with Gasteiger partial charge in [0.1, 0.15) is 23.8 Å². The number of aromatic nitrogens is 3. The highest BCUT2D eigenvalue weighted by Crippen LogP contribution is 2.42. The molecule has 13 heteroatoms. The third kappa shape index (κ3) is 5.90. The van der Waals surface area contributed by atoms with Gasteiger partial charge in [-0.25, -0.2) is 14.4 Å². The van der Waals surface area contributed by atoms with E-state index in [0.29, 0.717) is 42.5 Å². The fourth-order valence-electron chi connectivity index (χ4n) is 4.92. The molecule has 42 heavy (non-hydrogen) atoms. The van der Waals surface area contributed by atoms with E-state index < -0.39 is 40.9 Å². The average Bonchev–Trinajstić information content (AvgIpc) is 2.93. The van der Waals surface area contributed by atoms with Crippen LogP contribution in [0.15, 0.2) is 67.1 Å². The highest BCUT2D eigenvalue weighted by atomic mass is 19.4. The zero-order valence-corrected chi connectivity index (χ0v) is 21.8. The van der Waals surface area contributed by atoms with Crippen LogP contribution in [-0.2, 0) is 19.1 Å². The van der Waals surface area contributed by atoms with Crippen LogP contribution in [0.25, 0.3) is 11.4 Å². The fraction of sp³-hybridized carbons (Fsp3) is 0.241. The van der Waals surface area contributed by atoms with Crippen molar-refractivity contribution in [3.05, 3.63) is 106 Å². The molecule has 1 aliphatic rings. The molecule has 0 aliphatic carbocycles. The first-order valence-corrected chi connectivity index (χ1v) is 12.5. The first kappa shape index (κ1) is 29.0. The predicted molar refractivity (Wildman–Crippen MR) is 136 cm³/mol. The smallest absolute Gasteiger partial charge is 0.416 e. The molecular formula is C29H21F7N4O2. The number of nitrogens with zero attached hydrogens (tertiary/aromatic N) is 4. The number of pyridine rings is 1. The van der Waals surface area contributed by atoms with Crippen molar-refractivity contribution >= 4 is 5.91 Å². The number of halogens is 7. The molecule has 2 aromatic carbocycles. The van der Waals surface area contributed by atoms with Crippen molar-refractivity contribution in [2.24, 2.45) is 0 Å². The average molecular weight is 590 g/mol. The van der Waals surface area contributed by atoms with Gasteiger partial charge in [0.25, 0.3) is 5.91 Å². The number of carbonyl (C=O) groups excluding carboxylic acids is 1. The van der Waals surface area contributed by atoms with Crippen LogP contribution in [0.4, 0.5) is 30.7 Å². The van der Waals surface area contributed by atoms with Crippen molar-refractivity contribution in [2.45, 2.75) is 31.2 Å². The number of hydrogen-bond donors (Lipinski definition) is 0. The summed E-state index contributed by atoms with van der Waals surface area (Å²) >= 11 is 0. The van der Waals surface area contributed by atoms with Crippen LogP contribution in [-0.4, -0.2) is 45.6 Å². The molecular weight excluding hydrogens is 569 g/mol. The maximum absolute atomic E-state index is 14.2. The molecule has 218 valence electrons. The molecule has 3 heterocycles. The summed E-state index contributed by atoms with van der Waals surface area (Å²) in [6.07, 6.45) is -7.71. The van der Waals surface area contributed by atoms with Gasteiger partial charge in [0.05, 0.1) is 29.8 Å². The van der Waals surface area contributed by atoms with Gasteiger partial charge < -0.3 is 9.64 Å². The number of benzene rings is 2. The molecule has 2 aromatic heterocycles. The Balaban J connectivity index is 1.50.